The minimum atomic E-state index is -0.416. The van der Waals surface area contributed by atoms with Crippen LogP contribution in [0.15, 0.2) is 54.9 Å². The van der Waals surface area contributed by atoms with Gasteiger partial charge in [0.1, 0.15) is 12.9 Å². The molecule has 3 rings (SSSR count). The van der Waals surface area contributed by atoms with Crippen molar-refractivity contribution in [2.45, 2.75) is 13.5 Å². The lowest BCUT2D eigenvalue weighted by Gasteiger charge is -2.06. The topological polar surface area (TPSA) is 44.1 Å². The molecule has 0 aliphatic rings. The molecule has 0 spiro atoms. The summed E-state index contributed by atoms with van der Waals surface area (Å²) in [5.41, 5.74) is 3.62. The summed E-state index contributed by atoms with van der Waals surface area (Å²) in [6.45, 7) is 2.25. The molecule has 0 bridgehead atoms. The lowest BCUT2D eigenvalue weighted by molar-refractivity contribution is 0.142. The van der Waals surface area contributed by atoms with Crippen molar-refractivity contribution in [3.63, 3.8) is 0 Å². The first-order valence-electron chi connectivity index (χ1n) is 6.39. The summed E-state index contributed by atoms with van der Waals surface area (Å²) < 4.78 is 6.72. The number of ether oxygens (including phenoxy) is 1. The van der Waals surface area contributed by atoms with Crippen LogP contribution in [0.5, 0.6) is 0 Å². The zero-order valence-electron chi connectivity index (χ0n) is 11.1. The Hall–Kier alpha value is -2.62. The van der Waals surface area contributed by atoms with E-state index in [4.69, 9.17) is 4.74 Å². The van der Waals surface area contributed by atoms with Gasteiger partial charge < -0.3 is 4.74 Å². The van der Waals surface area contributed by atoms with Gasteiger partial charge in [-0.3, -0.25) is 0 Å². The predicted octanol–water partition coefficient (Wildman–Crippen LogP) is 3.53. The number of aromatic nitrogens is 2. The number of hydrogen-bond acceptors (Lipinski definition) is 3. The Balaban J connectivity index is 1.79. The Morgan fingerprint density at radius 2 is 2.00 bits per heavy atom. The van der Waals surface area contributed by atoms with Crippen LogP contribution in [0, 0.1) is 6.92 Å². The third kappa shape index (κ3) is 2.40. The van der Waals surface area contributed by atoms with Crippen molar-refractivity contribution in [2.24, 2.45) is 0 Å². The molecule has 100 valence electrons. The largest absolute Gasteiger partial charge is 0.444 e. The van der Waals surface area contributed by atoms with Gasteiger partial charge in [-0.2, -0.15) is 0 Å². The van der Waals surface area contributed by atoms with E-state index in [1.165, 1.54) is 10.9 Å². The highest BCUT2D eigenvalue weighted by Crippen LogP contribution is 2.15. The van der Waals surface area contributed by atoms with E-state index in [1.54, 1.807) is 0 Å². The van der Waals surface area contributed by atoms with Gasteiger partial charge >= 0.3 is 6.09 Å². The third-order valence-electron chi connectivity index (χ3n) is 3.10. The number of benzene rings is 2. The number of aryl methyl sites for hydroxylation is 1. The van der Waals surface area contributed by atoms with E-state index < -0.39 is 6.09 Å². The number of carbonyl (C=O) groups excluding carboxylic acids is 1. The van der Waals surface area contributed by atoms with Gasteiger partial charge in [-0.25, -0.2) is 14.3 Å². The molecule has 0 aliphatic heterocycles. The van der Waals surface area contributed by atoms with Crippen LogP contribution in [-0.2, 0) is 11.3 Å². The first-order chi connectivity index (χ1) is 9.74. The van der Waals surface area contributed by atoms with Crippen LogP contribution in [0.1, 0.15) is 11.1 Å². The minimum Gasteiger partial charge on any atom is -0.444 e. The Morgan fingerprint density at radius 1 is 1.20 bits per heavy atom. The molecule has 0 radical (unpaired) electrons. The van der Waals surface area contributed by atoms with Crippen molar-refractivity contribution >= 4 is 17.1 Å². The fourth-order valence-corrected chi connectivity index (χ4v) is 2.06. The molecule has 0 fully saturated rings. The first kappa shape index (κ1) is 12.4. The molecule has 4 nitrogen and oxygen atoms in total. The summed E-state index contributed by atoms with van der Waals surface area (Å²) in [7, 11) is 0. The molecule has 2 aromatic carbocycles. The van der Waals surface area contributed by atoms with Gasteiger partial charge in [-0.15, -0.1) is 0 Å². The zero-order chi connectivity index (χ0) is 13.9. The number of hydrogen-bond donors (Lipinski definition) is 0. The van der Waals surface area contributed by atoms with Gasteiger partial charge in [0, 0.05) is 0 Å². The van der Waals surface area contributed by atoms with Gasteiger partial charge in [-0.1, -0.05) is 36.4 Å². The van der Waals surface area contributed by atoms with Crippen LogP contribution in [0.25, 0.3) is 11.0 Å². The SMILES string of the molecule is Cc1ccc2c(c1)ncn2C(=O)OCc1ccccc1. The monoisotopic (exact) mass is 266 g/mol. The molecular weight excluding hydrogens is 252 g/mol. The highest BCUT2D eigenvalue weighted by atomic mass is 16.5. The number of carbonyl (C=O) groups is 1. The standard InChI is InChI=1S/C16H14N2O2/c1-12-7-8-15-14(9-12)17-11-18(15)16(19)20-10-13-5-3-2-4-6-13/h2-9,11H,10H2,1H3. The van der Waals surface area contributed by atoms with Crippen LogP contribution < -0.4 is 0 Å². The highest BCUT2D eigenvalue weighted by molar-refractivity contribution is 5.86. The number of rotatable bonds is 2. The second-order valence-electron chi connectivity index (χ2n) is 4.65. The Bertz CT molecular complexity index is 748. The third-order valence-corrected chi connectivity index (χ3v) is 3.10. The summed E-state index contributed by atoms with van der Waals surface area (Å²) in [5, 5.41) is 0. The van der Waals surface area contributed by atoms with Crippen molar-refractivity contribution in [2.75, 3.05) is 0 Å². The molecule has 1 aromatic heterocycles. The Kier molecular flexibility index (Phi) is 3.21. The molecule has 0 saturated carbocycles. The van der Waals surface area contributed by atoms with Crippen molar-refractivity contribution < 1.29 is 9.53 Å². The zero-order valence-corrected chi connectivity index (χ0v) is 11.1. The van der Waals surface area contributed by atoms with Gasteiger partial charge in [0.05, 0.1) is 11.0 Å². The average molecular weight is 266 g/mol. The molecule has 4 heteroatoms. The van der Waals surface area contributed by atoms with Gasteiger partial charge in [0.15, 0.2) is 0 Å². The minimum absolute atomic E-state index is 0.255. The van der Waals surface area contributed by atoms with Crippen molar-refractivity contribution in [1.29, 1.82) is 0 Å². The molecule has 1 heterocycles. The second-order valence-corrected chi connectivity index (χ2v) is 4.65. The van der Waals surface area contributed by atoms with E-state index in [2.05, 4.69) is 4.98 Å². The molecular formula is C16H14N2O2. The van der Waals surface area contributed by atoms with Crippen LogP contribution >= 0.6 is 0 Å². The predicted molar refractivity (Wildman–Crippen MR) is 76.5 cm³/mol. The molecule has 0 N–H and O–H groups in total. The fraction of sp³-hybridized carbons (Fsp3) is 0.125. The molecule has 20 heavy (non-hydrogen) atoms. The van der Waals surface area contributed by atoms with E-state index in [0.29, 0.717) is 0 Å². The normalized spacial score (nSPS) is 10.7. The molecule has 3 aromatic rings. The van der Waals surface area contributed by atoms with Crippen molar-refractivity contribution in [3.8, 4) is 0 Å². The summed E-state index contributed by atoms with van der Waals surface area (Å²) in [4.78, 5) is 16.3. The number of imidazole rings is 1. The lowest BCUT2D eigenvalue weighted by Crippen LogP contribution is -2.12. The van der Waals surface area contributed by atoms with Crippen LogP contribution in [-0.4, -0.2) is 15.6 Å². The molecule has 0 saturated heterocycles. The Labute approximate surface area is 116 Å². The van der Waals surface area contributed by atoms with E-state index in [9.17, 15) is 4.79 Å². The summed E-state index contributed by atoms with van der Waals surface area (Å²) in [5.74, 6) is 0. The van der Waals surface area contributed by atoms with E-state index in [-0.39, 0.29) is 6.61 Å². The van der Waals surface area contributed by atoms with Gasteiger partial charge in [0.2, 0.25) is 0 Å². The Morgan fingerprint density at radius 3 is 2.80 bits per heavy atom. The number of fused-ring (bicyclic) bond motifs is 1. The van der Waals surface area contributed by atoms with E-state index >= 15 is 0 Å². The molecule has 0 atom stereocenters. The summed E-state index contributed by atoms with van der Waals surface area (Å²) in [6, 6.07) is 15.4. The fourth-order valence-electron chi connectivity index (χ4n) is 2.06. The molecule has 0 amide bonds. The maximum Gasteiger partial charge on any atom is 0.420 e. The van der Waals surface area contributed by atoms with Gasteiger partial charge in [0.25, 0.3) is 0 Å². The first-order valence-corrected chi connectivity index (χ1v) is 6.39. The maximum absolute atomic E-state index is 12.1. The summed E-state index contributed by atoms with van der Waals surface area (Å²) >= 11 is 0. The van der Waals surface area contributed by atoms with Crippen LogP contribution in [0.3, 0.4) is 0 Å². The smallest absolute Gasteiger partial charge is 0.420 e. The highest BCUT2D eigenvalue weighted by Gasteiger charge is 2.11. The maximum atomic E-state index is 12.1. The van der Waals surface area contributed by atoms with Crippen LogP contribution in [0.2, 0.25) is 0 Å². The number of nitrogens with zero attached hydrogens (tertiary/aromatic N) is 2. The van der Waals surface area contributed by atoms with E-state index in [1.807, 2.05) is 55.5 Å². The van der Waals surface area contributed by atoms with E-state index in [0.717, 1.165) is 22.2 Å². The molecule has 0 unspecified atom stereocenters. The molecule has 0 aliphatic carbocycles. The van der Waals surface area contributed by atoms with Crippen LogP contribution in [0.4, 0.5) is 4.79 Å². The van der Waals surface area contributed by atoms with Gasteiger partial charge in [-0.05, 0) is 30.2 Å². The average Bonchev–Trinajstić information content (AvgIpc) is 2.89. The second kappa shape index (κ2) is 5.17. The quantitative estimate of drug-likeness (QED) is 0.712. The van der Waals surface area contributed by atoms with Crippen molar-refractivity contribution in [3.05, 3.63) is 66.0 Å². The van der Waals surface area contributed by atoms with Crippen molar-refractivity contribution in [1.82, 2.24) is 9.55 Å². The summed E-state index contributed by atoms with van der Waals surface area (Å²) in [6.07, 6.45) is 1.08. The lowest BCUT2D eigenvalue weighted by atomic mass is 10.2.